The summed E-state index contributed by atoms with van der Waals surface area (Å²) in [7, 11) is 0. The largest absolute Gasteiger partial charge is 0.445 e. The minimum absolute atomic E-state index is 0.210. The Hall–Kier alpha value is -2.21. The van der Waals surface area contributed by atoms with Gasteiger partial charge in [0.15, 0.2) is 0 Å². The molecule has 0 bridgehead atoms. The van der Waals surface area contributed by atoms with E-state index in [0.717, 1.165) is 37.2 Å². The van der Waals surface area contributed by atoms with Gasteiger partial charge in [0.2, 0.25) is 0 Å². The Morgan fingerprint density at radius 3 is 2.60 bits per heavy atom. The zero-order chi connectivity index (χ0) is 17.1. The molecule has 3 N–H and O–H groups in total. The second-order valence-corrected chi connectivity index (χ2v) is 7.21. The van der Waals surface area contributed by atoms with Gasteiger partial charge in [-0.1, -0.05) is 30.3 Å². The van der Waals surface area contributed by atoms with E-state index >= 15 is 0 Å². The maximum Gasteiger partial charge on any atom is 0.407 e. The molecule has 134 valence electrons. The van der Waals surface area contributed by atoms with Crippen LogP contribution in [0.5, 0.6) is 0 Å². The first kappa shape index (κ1) is 16.3. The molecule has 1 amide bonds. The van der Waals surface area contributed by atoms with Gasteiger partial charge >= 0.3 is 6.09 Å². The molecule has 25 heavy (non-hydrogen) atoms. The van der Waals surface area contributed by atoms with Crippen molar-refractivity contribution in [3.63, 3.8) is 0 Å². The SMILES string of the molecule is O=C(NC1CCC(N2C=C(C3CC3)NN2)CC1)OCc1ccccc1. The number of carbonyl (C=O) groups excluding carboxylic acids is 1. The van der Waals surface area contributed by atoms with Crippen LogP contribution in [0, 0.1) is 5.92 Å². The predicted molar refractivity (Wildman–Crippen MR) is 94.7 cm³/mol. The van der Waals surface area contributed by atoms with Gasteiger partial charge in [-0.15, -0.1) is 5.53 Å². The summed E-state index contributed by atoms with van der Waals surface area (Å²) in [5.41, 5.74) is 8.89. The number of rotatable bonds is 5. The zero-order valence-electron chi connectivity index (χ0n) is 14.4. The van der Waals surface area contributed by atoms with Gasteiger partial charge < -0.3 is 15.5 Å². The second kappa shape index (κ2) is 7.35. The molecule has 6 heteroatoms. The Balaban J connectivity index is 1.18. The fourth-order valence-electron chi connectivity index (χ4n) is 3.57. The predicted octanol–water partition coefficient (Wildman–Crippen LogP) is 2.80. The molecular weight excluding hydrogens is 316 g/mol. The lowest BCUT2D eigenvalue weighted by Gasteiger charge is -2.34. The van der Waals surface area contributed by atoms with Crippen LogP contribution in [0.4, 0.5) is 4.79 Å². The highest BCUT2D eigenvalue weighted by Crippen LogP contribution is 2.36. The molecule has 0 spiro atoms. The summed E-state index contributed by atoms with van der Waals surface area (Å²) in [5.74, 6) is 0.731. The number of allylic oxidation sites excluding steroid dienone is 1. The number of hydrogen-bond acceptors (Lipinski definition) is 5. The van der Waals surface area contributed by atoms with Crippen molar-refractivity contribution in [3.8, 4) is 0 Å². The Kier molecular flexibility index (Phi) is 4.78. The Morgan fingerprint density at radius 1 is 1.12 bits per heavy atom. The van der Waals surface area contributed by atoms with Crippen LogP contribution in [0.3, 0.4) is 0 Å². The molecule has 0 aromatic heterocycles. The lowest BCUT2D eigenvalue weighted by molar-refractivity contribution is 0.120. The molecule has 0 atom stereocenters. The molecular formula is C19H26N4O2. The molecule has 3 aliphatic rings. The van der Waals surface area contributed by atoms with E-state index in [-0.39, 0.29) is 12.1 Å². The van der Waals surface area contributed by atoms with Crippen LogP contribution in [-0.4, -0.2) is 23.2 Å². The van der Waals surface area contributed by atoms with E-state index in [9.17, 15) is 4.79 Å². The van der Waals surface area contributed by atoms with Gasteiger partial charge in [-0.25, -0.2) is 4.79 Å². The number of benzene rings is 1. The maximum atomic E-state index is 12.0. The first-order valence-corrected chi connectivity index (χ1v) is 9.27. The van der Waals surface area contributed by atoms with E-state index in [1.165, 1.54) is 18.5 Å². The molecule has 4 rings (SSSR count). The van der Waals surface area contributed by atoms with E-state index in [0.29, 0.717) is 12.6 Å². The van der Waals surface area contributed by atoms with E-state index in [1.54, 1.807) is 0 Å². The molecule has 2 fully saturated rings. The van der Waals surface area contributed by atoms with Crippen LogP contribution < -0.4 is 16.3 Å². The summed E-state index contributed by atoms with van der Waals surface area (Å²) in [6, 6.07) is 10.5. The van der Waals surface area contributed by atoms with Crippen molar-refractivity contribution in [1.29, 1.82) is 0 Å². The Bertz CT molecular complexity index is 622. The van der Waals surface area contributed by atoms with Crippen molar-refractivity contribution in [2.75, 3.05) is 0 Å². The fraction of sp³-hybridized carbons (Fsp3) is 0.526. The maximum absolute atomic E-state index is 12.0. The van der Waals surface area contributed by atoms with Crippen LogP contribution in [0.15, 0.2) is 42.2 Å². The third-order valence-electron chi connectivity index (χ3n) is 5.25. The third kappa shape index (κ3) is 4.25. The molecule has 2 aliphatic carbocycles. The zero-order valence-corrected chi connectivity index (χ0v) is 14.4. The molecule has 1 heterocycles. The van der Waals surface area contributed by atoms with Gasteiger partial charge in [-0.2, -0.15) is 0 Å². The van der Waals surface area contributed by atoms with Crippen LogP contribution >= 0.6 is 0 Å². The lowest BCUT2D eigenvalue weighted by Crippen LogP contribution is -2.47. The van der Waals surface area contributed by atoms with Gasteiger partial charge in [0.05, 0.1) is 0 Å². The number of hydrogen-bond donors (Lipinski definition) is 3. The van der Waals surface area contributed by atoms with Crippen molar-refractivity contribution in [3.05, 3.63) is 47.8 Å². The van der Waals surface area contributed by atoms with Crippen molar-refractivity contribution in [2.24, 2.45) is 5.92 Å². The normalized spacial score (nSPS) is 25.9. The molecule has 6 nitrogen and oxygen atoms in total. The fourth-order valence-corrected chi connectivity index (χ4v) is 3.57. The number of nitrogens with zero attached hydrogens (tertiary/aromatic N) is 1. The molecule has 0 unspecified atom stereocenters. The highest BCUT2D eigenvalue weighted by Gasteiger charge is 2.32. The standard InChI is InChI=1S/C19H26N4O2/c24-19(25-13-14-4-2-1-3-5-14)20-16-8-10-17(11-9-16)23-12-18(21-22-23)15-6-7-15/h1-5,12,15-17,21-22H,6-11,13H2,(H,20,24). The minimum Gasteiger partial charge on any atom is -0.445 e. The van der Waals surface area contributed by atoms with Crippen molar-refractivity contribution >= 4 is 6.09 Å². The van der Waals surface area contributed by atoms with Crippen molar-refractivity contribution in [2.45, 2.75) is 57.2 Å². The minimum atomic E-state index is -0.316. The van der Waals surface area contributed by atoms with Crippen LogP contribution in [-0.2, 0) is 11.3 Å². The smallest absolute Gasteiger partial charge is 0.407 e. The molecule has 0 saturated heterocycles. The molecule has 2 saturated carbocycles. The van der Waals surface area contributed by atoms with Crippen LogP contribution in [0.1, 0.15) is 44.1 Å². The number of carbonyl (C=O) groups is 1. The summed E-state index contributed by atoms with van der Waals surface area (Å²) in [6.45, 7) is 0.320. The van der Waals surface area contributed by atoms with Gasteiger partial charge in [-0.05, 0) is 44.1 Å². The quantitative estimate of drug-likeness (QED) is 0.768. The third-order valence-corrected chi connectivity index (χ3v) is 5.25. The van der Waals surface area contributed by atoms with Crippen molar-refractivity contribution < 1.29 is 9.53 Å². The van der Waals surface area contributed by atoms with Crippen LogP contribution in [0.2, 0.25) is 0 Å². The number of hydrazine groups is 2. The number of alkyl carbamates (subject to hydrolysis) is 1. The summed E-state index contributed by atoms with van der Waals surface area (Å²) in [5, 5.41) is 5.21. The topological polar surface area (TPSA) is 65.6 Å². The average Bonchev–Trinajstić information content (AvgIpc) is 3.39. The summed E-state index contributed by atoms with van der Waals surface area (Å²) in [4.78, 5) is 12.0. The number of amides is 1. The second-order valence-electron chi connectivity index (χ2n) is 7.21. The van der Waals surface area contributed by atoms with Crippen molar-refractivity contribution in [1.82, 2.24) is 21.3 Å². The summed E-state index contributed by atoms with van der Waals surface area (Å²) >= 11 is 0. The monoisotopic (exact) mass is 342 g/mol. The van der Waals surface area contributed by atoms with Gasteiger partial charge in [0.25, 0.3) is 0 Å². The summed E-state index contributed by atoms with van der Waals surface area (Å²) < 4.78 is 5.31. The Labute approximate surface area is 148 Å². The first-order valence-electron chi connectivity index (χ1n) is 9.27. The highest BCUT2D eigenvalue weighted by atomic mass is 16.5. The average molecular weight is 342 g/mol. The van der Waals surface area contributed by atoms with E-state index < -0.39 is 0 Å². The molecule has 1 aromatic rings. The molecule has 0 radical (unpaired) electrons. The first-order chi connectivity index (χ1) is 12.3. The van der Waals surface area contributed by atoms with Gasteiger partial charge in [-0.3, -0.25) is 5.01 Å². The van der Waals surface area contributed by atoms with Crippen LogP contribution in [0.25, 0.3) is 0 Å². The number of ether oxygens (including phenoxy) is 1. The Morgan fingerprint density at radius 2 is 1.88 bits per heavy atom. The van der Waals surface area contributed by atoms with E-state index in [4.69, 9.17) is 4.74 Å². The van der Waals surface area contributed by atoms with Gasteiger partial charge in [0.1, 0.15) is 6.61 Å². The van der Waals surface area contributed by atoms with Gasteiger partial charge in [0, 0.05) is 29.9 Å². The summed E-state index contributed by atoms with van der Waals surface area (Å²) in [6.07, 6.45) is 8.60. The molecule has 1 aromatic carbocycles. The van der Waals surface area contributed by atoms with E-state index in [2.05, 4.69) is 27.5 Å². The lowest BCUT2D eigenvalue weighted by atomic mass is 9.91. The molecule has 1 aliphatic heterocycles. The highest BCUT2D eigenvalue weighted by molar-refractivity contribution is 5.67. The van der Waals surface area contributed by atoms with E-state index in [1.807, 2.05) is 30.3 Å². The number of nitrogens with one attached hydrogen (secondary N) is 3.